The van der Waals surface area contributed by atoms with Crippen LogP contribution >= 0.6 is 27.5 Å². The summed E-state index contributed by atoms with van der Waals surface area (Å²) in [5, 5.41) is 5.11. The van der Waals surface area contributed by atoms with Gasteiger partial charge in [0.25, 0.3) is 5.91 Å². The minimum Gasteiger partial charge on any atom is -0.319 e. The van der Waals surface area contributed by atoms with E-state index < -0.39 is 0 Å². The first-order valence-corrected chi connectivity index (χ1v) is 7.42. The van der Waals surface area contributed by atoms with Gasteiger partial charge in [0.2, 0.25) is 0 Å². The van der Waals surface area contributed by atoms with Gasteiger partial charge in [-0.2, -0.15) is 0 Å². The molecule has 3 aromatic rings. The third-order valence-corrected chi connectivity index (χ3v) is 3.87. The van der Waals surface area contributed by atoms with Crippen LogP contribution in [0.3, 0.4) is 0 Å². The molecule has 0 atom stereocenters. The maximum absolute atomic E-state index is 12.3. The molecular formula is C16H10BrClN2O. The molecule has 0 aliphatic rings. The lowest BCUT2D eigenvalue weighted by atomic mass is 10.1. The Morgan fingerprint density at radius 3 is 2.67 bits per heavy atom. The Kier molecular flexibility index (Phi) is 3.90. The van der Waals surface area contributed by atoms with Crippen molar-refractivity contribution in [3.8, 4) is 0 Å². The summed E-state index contributed by atoms with van der Waals surface area (Å²) >= 11 is 9.37. The van der Waals surface area contributed by atoms with E-state index >= 15 is 0 Å². The SMILES string of the molecule is O=C(Nc1cccnc1Cl)c1ccc2cc(Br)ccc2c1. The first-order chi connectivity index (χ1) is 10.1. The summed E-state index contributed by atoms with van der Waals surface area (Å²) < 4.78 is 1.01. The number of rotatable bonds is 2. The molecule has 1 heterocycles. The van der Waals surface area contributed by atoms with Crippen molar-refractivity contribution in [3.63, 3.8) is 0 Å². The van der Waals surface area contributed by atoms with E-state index in [1.165, 1.54) is 0 Å². The van der Waals surface area contributed by atoms with Crippen molar-refractivity contribution in [2.45, 2.75) is 0 Å². The molecule has 0 saturated carbocycles. The van der Waals surface area contributed by atoms with Gasteiger partial charge in [0, 0.05) is 16.2 Å². The highest BCUT2D eigenvalue weighted by Crippen LogP contribution is 2.22. The first-order valence-electron chi connectivity index (χ1n) is 6.25. The number of nitrogens with zero attached hydrogens (tertiary/aromatic N) is 1. The normalized spacial score (nSPS) is 10.6. The maximum Gasteiger partial charge on any atom is 0.255 e. The van der Waals surface area contributed by atoms with Crippen LogP contribution in [-0.4, -0.2) is 10.9 Å². The summed E-state index contributed by atoms with van der Waals surface area (Å²) in [5.41, 5.74) is 1.07. The number of carbonyl (C=O) groups excluding carboxylic acids is 1. The van der Waals surface area contributed by atoms with Gasteiger partial charge in [-0.25, -0.2) is 4.98 Å². The fourth-order valence-electron chi connectivity index (χ4n) is 2.03. The number of carbonyl (C=O) groups is 1. The van der Waals surface area contributed by atoms with Crippen LogP contribution in [0.4, 0.5) is 5.69 Å². The van der Waals surface area contributed by atoms with Gasteiger partial charge in [-0.1, -0.05) is 39.7 Å². The third kappa shape index (κ3) is 3.06. The van der Waals surface area contributed by atoms with E-state index in [-0.39, 0.29) is 11.1 Å². The van der Waals surface area contributed by atoms with Crippen LogP contribution in [0, 0.1) is 0 Å². The molecule has 0 aliphatic carbocycles. The number of benzene rings is 2. The van der Waals surface area contributed by atoms with E-state index in [0.29, 0.717) is 11.3 Å². The van der Waals surface area contributed by atoms with Crippen molar-refractivity contribution >= 4 is 49.9 Å². The Bertz CT molecular complexity index is 835. The standard InChI is InChI=1S/C16H10BrClN2O/c17-13-6-5-10-8-12(4-3-11(10)9-13)16(21)20-14-2-1-7-19-15(14)18/h1-9H,(H,20,21). The minimum absolute atomic E-state index is 0.213. The molecule has 0 spiro atoms. The van der Waals surface area contributed by atoms with Gasteiger partial charge >= 0.3 is 0 Å². The molecular weight excluding hydrogens is 352 g/mol. The molecule has 0 aliphatic heterocycles. The largest absolute Gasteiger partial charge is 0.319 e. The number of amides is 1. The molecule has 1 aromatic heterocycles. The number of fused-ring (bicyclic) bond motifs is 1. The Morgan fingerprint density at radius 2 is 1.86 bits per heavy atom. The summed E-state index contributed by atoms with van der Waals surface area (Å²) in [4.78, 5) is 16.2. The number of anilines is 1. The second-order valence-electron chi connectivity index (χ2n) is 4.50. The van der Waals surface area contributed by atoms with Crippen molar-refractivity contribution in [3.05, 3.63) is 69.9 Å². The monoisotopic (exact) mass is 360 g/mol. The van der Waals surface area contributed by atoms with Crippen molar-refractivity contribution in [2.24, 2.45) is 0 Å². The van der Waals surface area contributed by atoms with Crippen LogP contribution in [0.1, 0.15) is 10.4 Å². The third-order valence-electron chi connectivity index (χ3n) is 3.07. The molecule has 2 aromatic carbocycles. The zero-order valence-electron chi connectivity index (χ0n) is 10.8. The fraction of sp³-hybridized carbons (Fsp3) is 0. The van der Waals surface area contributed by atoms with Gasteiger partial charge in [0.1, 0.15) is 0 Å². The summed E-state index contributed by atoms with van der Waals surface area (Å²) in [7, 11) is 0. The van der Waals surface area contributed by atoms with E-state index in [9.17, 15) is 4.79 Å². The first kappa shape index (κ1) is 14.0. The van der Waals surface area contributed by atoms with Gasteiger partial charge < -0.3 is 5.32 Å². The zero-order chi connectivity index (χ0) is 14.8. The predicted molar refractivity (Wildman–Crippen MR) is 88.8 cm³/mol. The van der Waals surface area contributed by atoms with E-state index in [0.717, 1.165) is 15.2 Å². The number of pyridine rings is 1. The highest BCUT2D eigenvalue weighted by atomic mass is 79.9. The van der Waals surface area contributed by atoms with Crippen LogP contribution in [-0.2, 0) is 0 Å². The summed E-state index contributed by atoms with van der Waals surface area (Å²) in [5.74, 6) is -0.213. The van der Waals surface area contributed by atoms with Crippen LogP contribution < -0.4 is 5.32 Å². The molecule has 21 heavy (non-hydrogen) atoms. The Hall–Kier alpha value is -1.91. The van der Waals surface area contributed by atoms with E-state index in [1.54, 1.807) is 24.4 Å². The number of hydrogen-bond acceptors (Lipinski definition) is 2. The van der Waals surface area contributed by atoms with Crippen molar-refractivity contribution in [1.29, 1.82) is 0 Å². The second kappa shape index (κ2) is 5.84. The van der Waals surface area contributed by atoms with Crippen molar-refractivity contribution in [1.82, 2.24) is 4.98 Å². The van der Waals surface area contributed by atoms with Crippen molar-refractivity contribution in [2.75, 3.05) is 5.32 Å². The zero-order valence-corrected chi connectivity index (χ0v) is 13.1. The maximum atomic E-state index is 12.3. The number of halogens is 2. The molecule has 0 radical (unpaired) electrons. The molecule has 1 amide bonds. The quantitative estimate of drug-likeness (QED) is 0.659. The Morgan fingerprint density at radius 1 is 1.10 bits per heavy atom. The summed E-state index contributed by atoms with van der Waals surface area (Å²) in [6.07, 6.45) is 1.58. The average Bonchev–Trinajstić information content (AvgIpc) is 2.49. The molecule has 0 unspecified atom stereocenters. The predicted octanol–water partition coefficient (Wildman–Crippen LogP) is 4.90. The van der Waals surface area contributed by atoms with E-state index in [1.807, 2.05) is 30.3 Å². The van der Waals surface area contributed by atoms with E-state index in [4.69, 9.17) is 11.6 Å². The highest BCUT2D eigenvalue weighted by molar-refractivity contribution is 9.10. The lowest BCUT2D eigenvalue weighted by molar-refractivity contribution is 0.102. The van der Waals surface area contributed by atoms with Gasteiger partial charge in [-0.05, 0) is 47.2 Å². The number of aromatic nitrogens is 1. The van der Waals surface area contributed by atoms with Crippen LogP contribution in [0.15, 0.2) is 59.2 Å². The summed E-state index contributed by atoms with van der Waals surface area (Å²) in [6.45, 7) is 0. The van der Waals surface area contributed by atoms with Crippen LogP contribution in [0.2, 0.25) is 5.15 Å². The molecule has 5 heteroatoms. The van der Waals surface area contributed by atoms with Crippen LogP contribution in [0.25, 0.3) is 10.8 Å². The Labute approximate surface area is 135 Å². The minimum atomic E-state index is -0.213. The fourth-order valence-corrected chi connectivity index (χ4v) is 2.58. The molecule has 0 bridgehead atoms. The molecule has 3 rings (SSSR count). The molecule has 3 nitrogen and oxygen atoms in total. The van der Waals surface area contributed by atoms with Crippen LogP contribution in [0.5, 0.6) is 0 Å². The van der Waals surface area contributed by atoms with Crippen molar-refractivity contribution < 1.29 is 4.79 Å². The van der Waals surface area contributed by atoms with Gasteiger partial charge in [0.05, 0.1) is 5.69 Å². The Balaban J connectivity index is 1.91. The molecule has 104 valence electrons. The average molecular weight is 362 g/mol. The lowest BCUT2D eigenvalue weighted by Crippen LogP contribution is -2.12. The summed E-state index contributed by atoms with van der Waals surface area (Å²) in [6, 6.07) is 14.9. The van der Waals surface area contributed by atoms with Gasteiger partial charge in [0.15, 0.2) is 5.15 Å². The second-order valence-corrected chi connectivity index (χ2v) is 5.78. The lowest BCUT2D eigenvalue weighted by Gasteiger charge is -2.07. The highest BCUT2D eigenvalue weighted by Gasteiger charge is 2.09. The number of hydrogen-bond donors (Lipinski definition) is 1. The molecule has 0 fully saturated rings. The smallest absolute Gasteiger partial charge is 0.255 e. The molecule has 0 saturated heterocycles. The van der Waals surface area contributed by atoms with Gasteiger partial charge in [-0.3, -0.25) is 4.79 Å². The van der Waals surface area contributed by atoms with Gasteiger partial charge in [-0.15, -0.1) is 0 Å². The molecule has 1 N–H and O–H groups in total. The number of nitrogens with one attached hydrogen (secondary N) is 1. The topological polar surface area (TPSA) is 42.0 Å². The van der Waals surface area contributed by atoms with E-state index in [2.05, 4.69) is 26.2 Å².